The van der Waals surface area contributed by atoms with Gasteiger partial charge in [0.2, 0.25) is 0 Å². The van der Waals surface area contributed by atoms with Gasteiger partial charge in [-0.25, -0.2) is 0 Å². The third kappa shape index (κ3) is 21.2. The number of para-hydroxylation sites is 3. The molecule has 12 heteroatoms. The zero-order valence-corrected chi connectivity index (χ0v) is 47.7. The average Bonchev–Trinajstić information content (AvgIpc) is 3.34. The number of allylic oxidation sites excluding steroid dienone is 4. The monoisotopic (exact) mass is 1040 g/mol. The van der Waals surface area contributed by atoms with Gasteiger partial charge in [-0.2, -0.15) is 5.01 Å². The summed E-state index contributed by atoms with van der Waals surface area (Å²) in [6.07, 6.45) is 5.01. The van der Waals surface area contributed by atoms with Gasteiger partial charge >= 0.3 is 0 Å². The van der Waals surface area contributed by atoms with Crippen molar-refractivity contribution < 1.29 is 34.8 Å². The predicted octanol–water partition coefficient (Wildman–Crippen LogP) is 16.5. The molecular formula is C64H81N3O9. The fraction of sp³-hybridized carbons (Fsp3) is 0.344. The van der Waals surface area contributed by atoms with Gasteiger partial charge in [-0.05, 0) is 158 Å². The van der Waals surface area contributed by atoms with Crippen LogP contribution in [0.15, 0.2) is 168 Å². The molecule has 1 aliphatic carbocycles. The number of hydrogen-bond donors (Lipinski definition) is 4. The molecule has 0 aliphatic heterocycles. The molecular weight excluding hydrogens is 955 g/mol. The van der Waals surface area contributed by atoms with Gasteiger partial charge in [-0.15, -0.1) is 9.81 Å². The molecule has 0 aromatic heterocycles. The number of rotatable bonds is 5. The van der Waals surface area contributed by atoms with E-state index >= 15 is 0 Å². The maximum atomic E-state index is 11.5. The molecule has 0 atom stereocenters. The second-order valence-electron chi connectivity index (χ2n) is 23.2. The molecule has 0 saturated heterocycles. The molecule has 76 heavy (non-hydrogen) atoms. The van der Waals surface area contributed by atoms with E-state index in [0.717, 1.165) is 44.9 Å². The predicted molar refractivity (Wildman–Crippen MR) is 312 cm³/mol. The Hall–Kier alpha value is -7.86. The number of benzene rings is 6. The molecule has 0 unspecified atom stereocenters. The molecule has 0 amide bonds. The van der Waals surface area contributed by atoms with E-state index in [4.69, 9.17) is 14.9 Å². The highest BCUT2D eigenvalue weighted by Gasteiger charge is 2.30. The lowest BCUT2D eigenvalue weighted by Crippen LogP contribution is -2.21. The molecule has 0 bridgehead atoms. The molecule has 7 rings (SSSR count). The summed E-state index contributed by atoms with van der Waals surface area (Å²) in [5.74, 6) is 1.09. The third-order valence-corrected chi connectivity index (χ3v) is 11.5. The van der Waals surface area contributed by atoms with Gasteiger partial charge in [0.25, 0.3) is 0 Å². The number of ketones is 2. The molecule has 12 nitrogen and oxygen atoms in total. The number of carbonyl (C=O) groups is 2. The Morgan fingerprint density at radius 2 is 0.868 bits per heavy atom. The Labute approximate surface area is 451 Å². The number of phenols is 4. The van der Waals surface area contributed by atoms with Gasteiger partial charge in [-0.1, -0.05) is 177 Å². The van der Waals surface area contributed by atoms with Crippen molar-refractivity contribution in [3.05, 3.63) is 201 Å². The van der Waals surface area contributed by atoms with E-state index in [9.17, 15) is 29.6 Å². The summed E-state index contributed by atoms with van der Waals surface area (Å²) in [6, 6.07) is 40.3. The van der Waals surface area contributed by atoms with Gasteiger partial charge in [-0.3, -0.25) is 9.59 Å². The maximum absolute atomic E-state index is 11.5. The lowest BCUT2D eigenvalue weighted by atomic mass is 9.74. The SMILES string of the molecule is CC(C)(C)c1cc(C(C)(C)C)c(N=O)c(C(C)(C)C)c1.CC(C)(C)c1ccc(O)c(O)c1.COc1ccc(O)cc1.Cc1cccc(C(C)(C)C)c1O.O=C1C=CC(=O)C=C1.O=NN(c1ccccc1)c1ccccc1. The van der Waals surface area contributed by atoms with Crippen LogP contribution < -0.4 is 9.75 Å². The van der Waals surface area contributed by atoms with Crippen molar-refractivity contribution in [2.45, 2.75) is 138 Å². The lowest BCUT2D eigenvalue weighted by Gasteiger charge is -2.31. The molecule has 4 N–H and O–H groups in total. The minimum absolute atomic E-state index is 0.00514. The van der Waals surface area contributed by atoms with Crippen LogP contribution in [0, 0.1) is 16.7 Å². The standard InChI is InChI=1S/C18H29NO.C12H10N2O.C11H16O.C10H14O2.C7H8O2.C6H4O2/c1-16(2,3)12-10-13(17(4,5)6)15(19-20)14(11-12)18(7,8)9;15-13-14(11-7-3-1-4-8-11)12-9-5-2-6-10-12;1-8-6-5-7-9(10(8)12)11(2,3)4;1-10(2,3)7-4-5-8(11)9(12)6-7;1-9-7-4-2-6(8)3-5-7;7-5-1-2-6(8)4-3-5/h10-11H,1-9H3;1-10H;5-7,12H,1-4H3;4-6,11-12H,1-3H3;2-5,8H,1H3;1-4H. The number of carbonyl (C=O) groups excluding carboxylic acids is 2. The van der Waals surface area contributed by atoms with E-state index in [1.54, 1.807) is 37.4 Å². The fourth-order valence-corrected chi connectivity index (χ4v) is 6.97. The molecule has 1 aliphatic rings. The van der Waals surface area contributed by atoms with Crippen LogP contribution in [0.1, 0.15) is 137 Å². The summed E-state index contributed by atoms with van der Waals surface area (Å²) in [4.78, 5) is 42.8. The highest BCUT2D eigenvalue weighted by molar-refractivity contribution is 6.14. The topological polar surface area (TPSA) is 186 Å². The van der Waals surface area contributed by atoms with E-state index in [1.165, 1.54) is 40.9 Å². The van der Waals surface area contributed by atoms with Gasteiger partial charge in [0, 0.05) is 0 Å². The van der Waals surface area contributed by atoms with Crippen molar-refractivity contribution in [3.8, 4) is 28.7 Å². The molecule has 0 saturated carbocycles. The van der Waals surface area contributed by atoms with Crippen molar-refractivity contribution >= 4 is 28.6 Å². The number of methoxy groups -OCH3 is 1. The van der Waals surface area contributed by atoms with Crippen molar-refractivity contribution in [3.63, 3.8) is 0 Å². The first kappa shape index (κ1) is 64.3. The first-order chi connectivity index (χ1) is 35.1. The van der Waals surface area contributed by atoms with Crippen LogP contribution in [0.2, 0.25) is 0 Å². The summed E-state index contributed by atoms with van der Waals surface area (Å²) in [5, 5.41) is 44.6. The molecule has 0 radical (unpaired) electrons. The first-order valence-electron chi connectivity index (χ1n) is 25.0. The zero-order valence-electron chi connectivity index (χ0n) is 47.7. The Morgan fingerprint density at radius 3 is 1.20 bits per heavy atom. The Balaban J connectivity index is 0.000000320. The Morgan fingerprint density at radius 1 is 0.447 bits per heavy atom. The third-order valence-electron chi connectivity index (χ3n) is 11.5. The van der Waals surface area contributed by atoms with Crippen molar-refractivity contribution in [1.82, 2.24) is 0 Å². The van der Waals surface area contributed by atoms with E-state index in [0.29, 0.717) is 11.4 Å². The fourth-order valence-electron chi connectivity index (χ4n) is 6.97. The minimum Gasteiger partial charge on any atom is -0.508 e. The summed E-state index contributed by atoms with van der Waals surface area (Å²) >= 11 is 0. The minimum atomic E-state index is -0.121. The smallest absolute Gasteiger partial charge is 0.178 e. The average molecular weight is 1040 g/mol. The number of aryl methyl sites for hydroxylation is 1. The van der Waals surface area contributed by atoms with E-state index < -0.39 is 0 Å². The van der Waals surface area contributed by atoms with E-state index in [1.807, 2.05) is 91.9 Å². The second kappa shape index (κ2) is 28.2. The van der Waals surface area contributed by atoms with Crippen molar-refractivity contribution in [1.29, 1.82) is 0 Å². The van der Waals surface area contributed by atoms with Crippen LogP contribution >= 0.6 is 0 Å². The maximum Gasteiger partial charge on any atom is 0.178 e. The Bertz CT molecular complexity index is 2760. The second-order valence-corrected chi connectivity index (χ2v) is 23.2. The Kier molecular flexibility index (Phi) is 23.8. The van der Waals surface area contributed by atoms with Crippen LogP contribution in [0.25, 0.3) is 0 Å². The van der Waals surface area contributed by atoms with Gasteiger partial charge < -0.3 is 25.2 Å². The molecule has 0 spiro atoms. The number of nitroso groups, excluding NO2 is 2. The summed E-state index contributed by atoms with van der Waals surface area (Å²) in [6.45, 7) is 33.8. The van der Waals surface area contributed by atoms with Crippen LogP contribution in [-0.4, -0.2) is 39.1 Å². The van der Waals surface area contributed by atoms with E-state index in [-0.39, 0.29) is 55.9 Å². The number of hydrogen-bond acceptors (Lipinski definition) is 11. The van der Waals surface area contributed by atoms with Crippen LogP contribution in [-0.2, 0) is 36.7 Å². The van der Waals surface area contributed by atoms with Crippen LogP contribution in [0.4, 0.5) is 17.1 Å². The molecule has 6 aromatic carbocycles. The number of ether oxygens (including phenoxy) is 1. The molecule has 6 aromatic rings. The molecule has 406 valence electrons. The van der Waals surface area contributed by atoms with Crippen molar-refractivity contribution in [2.75, 3.05) is 12.1 Å². The van der Waals surface area contributed by atoms with Gasteiger partial charge in [0.1, 0.15) is 22.9 Å². The zero-order chi connectivity index (χ0) is 57.8. The highest BCUT2D eigenvalue weighted by atomic mass is 16.5. The van der Waals surface area contributed by atoms with Crippen LogP contribution in [0.5, 0.6) is 28.7 Å². The summed E-state index contributed by atoms with van der Waals surface area (Å²) < 4.78 is 4.86. The summed E-state index contributed by atoms with van der Waals surface area (Å²) in [7, 11) is 1.59. The van der Waals surface area contributed by atoms with E-state index in [2.05, 4.69) is 126 Å². The molecule has 0 fully saturated rings. The quantitative estimate of drug-likeness (QED) is 0.0560. The molecule has 0 heterocycles. The lowest BCUT2D eigenvalue weighted by molar-refractivity contribution is -0.113. The highest BCUT2D eigenvalue weighted by Crippen LogP contribution is 2.43. The normalized spacial score (nSPS) is 12.0. The first-order valence-corrected chi connectivity index (χ1v) is 25.0. The number of anilines is 2. The van der Waals surface area contributed by atoms with Crippen LogP contribution in [0.3, 0.4) is 0 Å². The van der Waals surface area contributed by atoms with Gasteiger partial charge in [0.15, 0.2) is 23.1 Å². The summed E-state index contributed by atoms with van der Waals surface area (Å²) in [5.41, 5.74) is 8.38. The largest absolute Gasteiger partial charge is 0.508 e. The number of nitrogens with zero attached hydrogens (tertiary/aromatic N) is 3. The van der Waals surface area contributed by atoms with Crippen molar-refractivity contribution in [2.24, 2.45) is 10.5 Å². The number of phenolic OH excluding ortho intramolecular Hbond substituents is 4. The number of aromatic hydroxyl groups is 4. The van der Waals surface area contributed by atoms with Gasteiger partial charge in [0.05, 0.1) is 23.8 Å².